The number of aliphatic hydroxyl groups is 1. The number of sulfonamides is 1. The minimum atomic E-state index is -4.19. The molecule has 2 aromatic carbocycles. The van der Waals surface area contributed by atoms with Gasteiger partial charge in [-0.2, -0.15) is 4.31 Å². The summed E-state index contributed by atoms with van der Waals surface area (Å²) in [5.41, 5.74) is 0.254. The minimum absolute atomic E-state index is 0.0100. The van der Waals surface area contributed by atoms with Crippen LogP contribution in [0.15, 0.2) is 76.2 Å². The fourth-order valence-corrected chi connectivity index (χ4v) is 8.34. The Balaban J connectivity index is 1.17. The first-order valence-corrected chi connectivity index (χ1v) is 19.2. The van der Waals surface area contributed by atoms with Gasteiger partial charge in [-0.1, -0.05) is 44.2 Å². The summed E-state index contributed by atoms with van der Waals surface area (Å²) in [6.45, 7) is 5.24. The fourth-order valence-electron chi connectivity index (χ4n) is 6.51. The van der Waals surface area contributed by atoms with E-state index in [9.17, 15) is 18.3 Å². The summed E-state index contributed by atoms with van der Waals surface area (Å²) in [6, 6.07) is 16.5. The highest BCUT2D eigenvalue weighted by Crippen LogP contribution is 2.36. The van der Waals surface area contributed by atoms with Gasteiger partial charge in [0, 0.05) is 25.7 Å². The molecule has 16 heteroatoms. The number of fused-ring (bicyclic) bond motifs is 2. The van der Waals surface area contributed by atoms with Crippen molar-refractivity contribution in [1.82, 2.24) is 20.3 Å². The molecule has 6 rings (SSSR count). The Labute approximate surface area is 309 Å². The lowest BCUT2D eigenvalue weighted by atomic mass is 9.89. The SMILES string of the molecule is CC(C)(CCNC(=S)NCc1ccco1)CN(C[C@@H](O)[C@H](Cc1ccccc1)NC(=O)O[C@H]1CO[C@H]2OCC[C@H]21)S(=O)(=O)c1ccc2c(c1)OCO2. The van der Waals surface area contributed by atoms with E-state index in [1.807, 2.05) is 50.2 Å². The number of nitrogens with zero attached hydrogens (tertiary/aromatic N) is 1. The molecule has 0 unspecified atom stereocenters. The second kappa shape index (κ2) is 16.8. The van der Waals surface area contributed by atoms with Gasteiger partial charge in [0.2, 0.25) is 16.8 Å². The molecule has 52 heavy (non-hydrogen) atoms. The van der Waals surface area contributed by atoms with Crippen LogP contribution in [0.4, 0.5) is 4.79 Å². The van der Waals surface area contributed by atoms with Gasteiger partial charge in [-0.15, -0.1) is 0 Å². The first-order valence-electron chi connectivity index (χ1n) is 17.3. The van der Waals surface area contributed by atoms with Crippen molar-refractivity contribution in [3.63, 3.8) is 0 Å². The molecule has 1 aromatic heterocycles. The Hall–Kier alpha value is -3.93. The normalized spacial score (nSPS) is 20.7. The molecule has 282 valence electrons. The number of alkyl carbamates (subject to hydrolysis) is 1. The zero-order valence-electron chi connectivity index (χ0n) is 29.2. The number of ether oxygens (including phenoxy) is 5. The lowest BCUT2D eigenvalue weighted by molar-refractivity contribution is -0.0907. The Kier molecular flexibility index (Phi) is 12.2. The number of furan rings is 1. The third-order valence-corrected chi connectivity index (χ3v) is 11.5. The van der Waals surface area contributed by atoms with Crippen LogP contribution in [0.5, 0.6) is 11.5 Å². The van der Waals surface area contributed by atoms with Crippen LogP contribution in [0, 0.1) is 11.3 Å². The molecule has 0 radical (unpaired) electrons. The number of amides is 1. The summed E-state index contributed by atoms with van der Waals surface area (Å²) >= 11 is 5.42. The van der Waals surface area contributed by atoms with Crippen molar-refractivity contribution in [2.45, 2.75) is 69.1 Å². The zero-order valence-corrected chi connectivity index (χ0v) is 30.8. The van der Waals surface area contributed by atoms with E-state index in [4.69, 9.17) is 40.3 Å². The summed E-state index contributed by atoms with van der Waals surface area (Å²) in [6.07, 6.45) is 0.115. The van der Waals surface area contributed by atoms with Crippen LogP contribution in [-0.4, -0.2) is 93.2 Å². The quantitative estimate of drug-likeness (QED) is 0.157. The molecule has 1 amide bonds. The summed E-state index contributed by atoms with van der Waals surface area (Å²) < 4.78 is 63.2. The van der Waals surface area contributed by atoms with Gasteiger partial charge < -0.3 is 49.2 Å². The summed E-state index contributed by atoms with van der Waals surface area (Å²) in [4.78, 5) is 13.3. The molecule has 0 spiro atoms. The summed E-state index contributed by atoms with van der Waals surface area (Å²) in [5.74, 6) is 1.44. The highest BCUT2D eigenvalue weighted by atomic mass is 32.2. The first-order chi connectivity index (χ1) is 25.0. The minimum Gasteiger partial charge on any atom is -0.467 e. The van der Waals surface area contributed by atoms with Crippen molar-refractivity contribution in [2.75, 3.05) is 39.6 Å². The molecule has 5 atom stereocenters. The van der Waals surface area contributed by atoms with Crippen molar-refractivity contribution < 1.29 is 46.4 Å². The van der Waals surface area contributed by atoms with E-state index in [1.165, 1.54) is 16.4 Å². The topological polar surface area (TPSA) is 170 Å². The Morgan fingerprint density at radius 2 is 1.88 bits per heavy atom. The Morgan fingerprint density at radius 3 is 2.67 bits per heavy atom. The molecular weight excluding hydrogens is 713 g/mol. The van der Waals surface area contributed by atoms with E-state index >= 15 is 0 Å². The van der Waals surface area contributed by atoms with Crippen LogP contribution in [0.3, 0.4) is 0 Å². The van der Waals surface area contributed by atoms with Gasteiger partial charge in [0.05, 0.1) is 49.0 Å². The van der Waals surface area contributed by atoms with Gasteiger partial charge in [-0.05, 0) is 66.7 Å². The maximum atomic E-state index is 14.4. The van der Waals surface area contributed by atoms with E-state index < -0.39 is 46.1 Å². The highest BCUT2D eigenvalue weighted by Gasteiger charge is 2.44. The van der Waals surface area contributed by atoms with Gasteiger partial charge in [-0.25, -0.2) is 13.2 Å². The number of hydrogen-bond acceptors (Lipinski definition) is 11. The second-order valence-corrected chi connectivity index (χ2v) is 16.2. The standard InChI is InChI=1S/C36H46N4O10S2/c1-36(2,13-14-37-34(51)38-19-25-9-6-15-45-25)22-40(52(43,44)26-10-11-30-31(18-26)49-23-48-30)20-29(41)28(17-24-7-4-3-5-8-24)39-35(42)50-32-21-47-33-27(32)12-16-46-33/h3-11,15,18,27-29,32-33,41H,12-14,16-17,19-23H2,1-2H3,(H,39,42)(H2,37,38,51)/t27-,28-,29+,32-,33+/m0/s1. The molecule has 2 saturated heterocycles. The lowest BCUT2D eigenvalue weighted by Gasteiger charge is -2.35. The predicted molar refractivity (Wildman–Crippen MR) is 193 cm³/mol. The van der Waals surface area contributed by atoms with E-state index in [0.717, 1.165) is 11.3 Å². The molecule has 0 saturated carbocycles. The highest BCUT2D eigenvalue weighted by molar-refractivity contribution is 7.89. The predicted octanol–water partition coefficient (Wildman–Crippen LogP) is 3.54. The molecule has 4 heterocycles. The van der Waals surface area contributed by atoms with Crippen LogP contribution < -0.4 is 25.4 Å². The van der Waals surface area contributed by atoms with Gasteiger partial charge in [-0.3, -0.25) is 0 Å². The number of benzene rings is 2. The number of nitrogens with one attached hydrogen (secondary N) is 3. The zero-order chi connectivity index (χ0) is 36.7. The summed E-state index contributed by atoms with van der Waals surface area (Å²) in [7, 11) is -4.19. The molecule has 4 N–H and O–H groups in total. The van der Waals surface area contributed by atoms with Gasteiger partial charge >= 0.3 is 6.09 Å². The van der Waals surface area contributed by atoms with Gasteiger partial charge in [0.1, 0.15) is 11.9 Å². The number of rotatable bonds is 16. The number of thiocarbonyl (C=S) groups is 1. The molecule has 3 aliphatic heterocycles. The van der Waals surface area contributed by atoms with Crippen LogP contribution in [-0.2, 0) is 37.2 Å². The van der Waals surface area contributed by atoms with Crippen molar-refractivity contribution in [1.29, 1.82) is 0 Å². The average molecular weight is 759 g/mol. The number of aliphatic hydroxyl groups excluding tert-OH is 1. The molecule has 14 nitrogen and oxygen atoms in total. The third kappa shape index (κ3) is 9.73. The molecule has 0 bridgehead atoms. The number of carbonyl (C=O) groups excluding carboxylic acids is 1. The molecular formula is C36H46N4O10S2. The van der Waals surface area contributed by atoms with Crippen molar-refractivity contribution in [3.8, 4) is 11.5 Å². The smallest absolute Gasteiger partial charge is 0.407 e. The lowest BCUT2D eigenvalue weighted by Crippen LogP contribution is -2.52. The third-order valence-electron chi connectivity index (χ3n) is 9.38. The van der Waals surface area contributed by atoms with Crippen LogP contribution in [0.25, 0.3) is 0 Å². The average Bonchev–Trinajstić information content (AvgIpc) is 3.94. The molecule has 0 aliphatic carbocycles. The monoisotopic (exact) mass is 758 g/mol. The van der Waals surface area contributed by atoms with Crippen LogP contribution in [0.2, 0.25) is 0 Å². The van der Waals surface area contributed by atoms with E-state index in [-0.39, 0.29) is 43.7 Å². The molecule has 3 aliphatic rings. The maximum absolute atomic E-state index is 14.4. The summed E-state index contributed by atoms with van der Waals surface area (Å²) in [5, 5.41) is 21.4. The van der Waals surface area contributed by atoms with E-state index in [0.29, 0.717) is 49.1 Å². The van der Waals surface area contributed by atoms with Crippen molar-refractivity contribution >= 4 is 33.4 Å². The molecule has 2 fully saturated rings. The van der Waals surface area contributed by atoms with Crippen molar-refractivity contribution in [2.24, 2.45) is 11.3 Å². The van der Waals surface area contributed by atoms with Crippen LogP contribution >= 0.6 is 12.2 Å². The van der Waals surface area contributed by atoms with E-state index in [2.05, 4.69) is 16.0 Å². The number of carbonyl (C=O) groups is 1. The Bertz CT molecular complexity index is 1760. The maximum Gasteiger partial charge on any atom is 0.407 e. The van der Waals surface area contributed by atoms with Gasteiger partial charge in [0.15, 0.2) is 22.9 Å². The Morgan fingerprint density at radius 1 is 1.08 bits per heavy atom. The number of hydrogen-bond donors (Lipinski definition) is 4. The van der Waals surface area contributed by atoms with Gasteiger partial charge in [0.25, 0.3) is 0 Å². The molecule has 3 aromatic rings. The van der Waals surface area contributed by atoms with Crippen LogP contribution in [0.1, 0.15) is 38.0 Å². The van der Waals surface area contributed by atoms with E-state index in [1.54, 1.807) is 18.4 Å². The first kappa shape index (κ1) is 37.8. The largest absolute Gasteiger partial charge is 0.467 e. The fraction of sp³-hybridized carbons (Fsp3) is 0.500. The van der Waals surface area contributed by atoms with Crippen molar-refractivity contribution in [3.05, 3.63) is 78.3 Å². The second-order valence-electron chi connectivity index (χ2n) is 13.9.